The molecule has 4 nitrogen and oxygen atoms in total. The van der Waals surface area contributed by atoms with Gasteiger partial charge in [0.05, 0.1) is 18.2 Å². The van der Waals surface area contributed by atoms with Crippen molar-refractivity contribution in [3.05, 3.63) is 35.6 Å². The van der Waals surface area contributed by atoms with Crippen molar-refractivity contribution in [3.8, 4) is 0 Å². The molecule has 1 saturated heterocycles. The van der Waals surface area contributed by atoms with Crippen LogP contribution in [0.25, 0.3) is 0 Å². The Morgan fingerprint density at radius 3 is 2.50 bits per heavy atom. The zero-order chi connectivity index (χ0) is 16.1. The van der Waals surface area contributed by atoms with Crippen LogP contribution in [0.3, 0.4) is 0 Å². The van der Waals surface area contributed by atoms with Crippen LogP contribution in [0, 0.1) is 5.82 Å². The first-order chi connectivity index (χ1) is 10.5. The maximum Gasteiger partial charge on any atom is 0.237 e. The second-order valence-corrected chi connectivity index (χ2v) is 6.05. The number of nitrogens with zero attached hydrogens (tertiary/aromatic N) is 1. The summed E-state index contributed by atoms with van der Waals surface area (Å²) in [5.41, 5.74) is 1.02. The summed E-state index contributed by atoms with van der Waals surface area (Å²) in [7, 11) is 0. The summed E-state index contributed by atoms with van der Waals surface area (Å²) in [6.45, 7) is 8.10. The smallest absolute Gasteiger partial charge is 0.237 e. The fourth-order valence-corrected chi connectivity index (χ4v) is 2.83. The van der Waals surface area contributed by atoms with Crippen LogP contribution in [0.2, 0.25) is 0 Å². The van der Waals surface area contributed by atoms with Crippen LogP contribution in [-0.4, -0.2) is 48.7 Å². The second kappa shape index (κ2) is 7.70. The highest BCUT2D eigenvalue weighted by Gasteiger charge is 2.28. The summed E-state index contributed by atoms with van der Waals surface area (Å²) in [6, 6.07) is 6.21. The van der Waals surface area contributed by atoms with Gasteiger partial charge in [0.15, 0.2) is 0 Å². The van der Waals surface area contributed by atoms with Crippen LogP contribution >= 0.6 is 0 Å². The lowest BCUT2D eigenvalue weighted by atomic mass is 10.1. The van der Waals surface area contributed by atoms with Gasteiger partial charge in [0, 0.05) is 19.6 Å². The third kappa shape index (κ3) is 4.78. The number of halogens is 1. The minimum absolute atomic E-state index is 0.0309. The summed E-state index contributed by atoms with van der Waals surface area (Å²) in [4.78, 5) is 14.4. The van der Waals surface area contributed by atoms with Gasteiger partial charge in [-0.15, -0.1) is 0 Å². The van der Waals surface area contributed by atoms with Crippen LogP contribution in [0.5, 0.6) is 0 Å². The van der Waals surface area contributed by atoms with Crippen molar-refractivity contribution in [2.45, 2.75) is 45.4 Å². The number of ether oxygens (including phenoxy) is 1. The van der Waals surface area contributed by atoms with E-state index in [0.717, 1.165) is 18.7 Å². The topological polar surface area (TPSA) is 41.6 Å². The molecule has 0 spiro atoms. The molecule has 2 rings (SSSR count). The normalized spacial score (nSPS) is 24.0. The van der Waals surface area contributed by atoms with Gasteiger partial charge in [-0.2, -0.15) is 0 Å². The van der Waals surface area contributed by atoms with E-state index < -0.39 is 0 Å². The van der Waals surface area contributed by atoms with Crippen molar-refractivity contribution in [1.29, 1.82) is 0 Å². The highest BCUT2D eigenvalue weighted by atomic mass is 19.1. The molecule has 1 aliphatic rings. The van der Waals surface area contributed by atoms with Gasteiger partial charge in [0.2, 0.25) is 5.91 Å². The molecule has 1 aromatic rings. The Balaban J connectivity index is 1.77. The minimum atomic E-state index is -0.239. The number of morpholine rings is 1. The number of benzene rings is 1. The molecule has 22 heavy (non-hydrogen) atoms. The third-order valence-electron chi connectivity index (χ3n) is 4.00. The molecule has 1 aromatic carbocycles. The first-order valence-corrected chi connectivity index (χ1v) is 7.87. The van der Waals surface area contributed by atoms with E-state index in [4.69, 9.17) is 4.74 Å². The molecule has 1 amide bonds. The van der Waals surface area contributed by atoms with Crippen LogP contribution in [-0.2, 0) is 16.0 Å². The predicted molar refractivity (Wildman–Crippen MR) is 84.2 cm³/mol. The number of rotatable bonds is 5. The molecule has 1 aliphatic heterocycles. The number of hydrogen-bond donors (Lipinski definition) is 1. The zero-order valence-electron chi connectivity index (χ0n) is 13.5. The quantitative estimate of drug-likeness (QED) is 0.904. The molecule has 3 unspecified atom stereocenters. The van der Waals surface area contributed by atoms with Gasteiger partial charge < -0.3 is 10.1 Å². The Morgan fingerprint density at radius 1 is 1.32 bits per heavy atom. The molecule has 3 atom stereocenters. The predicted octanol–water partition coefficient (Wildman–Crippen LogP) is 1.98. The standard InChI is InChI=1S/C17H25FN2O2/c1-12-10-20(11-13(2)22-12)14(3)17(21)19-9-8-15-4-6-16(18)7-5-15/h4-7,12-14H,8-11H2,1-3H3,(H,19,21). The minimum Gasteiger partial charge on any atom is -0.373 e. The van der Waals surface area contributed by atoms with E-state index in [1.54, 1.807) is 12.1 Å². The van der Waals surface area contributed by atoms with E-state index in [0.29, 0.717) is 13.0 Å². The molecule has 0 radical (unpaired) electrons. The first-order valence-electron chi connectivity index (χ1n) is 7.87. The van der Waals surface area contributed by atoms with Crippen LogP contribution in [0.15, 0.2) is 24.3 Å². The van der Waals surface area contributed by atoms with Crippen LogP contribution in [0.4, 0.5) is 4.39 Å². The van der Waals surface area contributed by atoms with Crippen molar-refractivity contribution in [2.75, 3.05) is 19.6 Å². The molecular weight excluding hydrogens is 283 g/mol. The molecule has 0 saturated carbocycles. The Morgan fingerprint density at radius 2 is 1.91 bits per heavy atom. The Hall–Kier alpha value is -1.46. The largest absolute Gasteiger partial charge is 0.373 e. The van der Waals surface area contributed by atoms with E-state index in [1.165, 1.54) is 12.1 Å². The fourth-order valence-electron chi connectivity index (χ4n) is 2.83. The number of hydrogen-bond acceptors (Lipinski definition) is 3. The Labute approximate surface area is 131 Å². The van der Waals surface area contributed by atoms with Gasteiger partial charge in [-0.05, 0) is 44.9 Å². The lowest BCUT2D eigenvalue weighted by Gasteiger charge is -2.38. The SMILES string of the molecule is CC1CN(C(C)C(=O)NCCc2ccc(F)cc2)CC(C)O1. The summed E-state index contributed by atoms with van der Waals surface area (Å²) in [6.07, 6.45) is 1.01. The summed E-state index contributed by atoms with van der Waals surface area (Å²) < 4.78 is 18.5. The maximum absolute atomic E-state index is 12.8. The van der Waals surface area contributed by atoms with Crippen molar-refractivity contribution < 1.29 is 13.9 Å². The lowest BCUT2D eigenvalue weighted by Crippen LogP contribution is -2.54. The lowest BCUT2D eigenvalue weighted by molar-refractivity contribution is -0.131. The van der Waals surface area contributed by atoms with E-state index in [9.17, 15) is 9.18 Å². The summed E-state index contributed by atoms with van der Waals surface area (Å²) >= 11 is 0. The monoisotopic (exact) mass is 308 g/mol. The van der Waals surface area contributed by atoms with Crippen molar-refractivity contribution >= 4 is 5.91 Å². The zero-order valence-corrected chi connectivity index (χ0v) is 13.5. The third-order valence-corrected chi connectivity index (χ3v) is 4.00. The molecule has 0 aliphatic carbocycles. The van der Waals surface area contributed by atoms with Crippen molar-refractivity contribution in [2.24, 2.45) is 0 Å². The van der Waals surface area contributed by atoms with E-state index in [2.05, 4.69) is 10.2 Å². The highest BCUT2D eigenvalue weighted by molar-refractivity contribution is 5.81. The average molecular weight is 308 g/mol. The second-order valence-electron chi connectivity index (χ2n) is 6.05. The van der Waals surface area contributed by atoms with Crippen LogP contribution < -0.4 is 5.32 Å². The molecular formula is C17H25FN2O2. The van der Waals surface area contributed by atoms with Crippen molar-refractivity contribution in [3.63, 3.8) is 0 Å². The van der Waals surface area contributed by atoms with Gasteiger partial charge in [-0.1, -0.05) is 12.1 Å². The summed E-state index contributed by atoms with van der Waals surface area (Å²) in [5.74, 6) is -0.208. The van der Waals surface area contributed by atoms with E-state index in [1.807, 2.05) is 20.8 Å². The van der Waals surface area contributed by atoms with Gasteiger partial charge >= 0.3 is 0 Å². The Bertz CT molecular complexity index is 482. The van der Waals surface area contributed by atoms with Crippen LogP contribution in [0.1, 0.15) is 26.3 Å². The van der Waals surface area contributed by atoms with E-state index >= 15 is 0 Å². The number of carbonyl (C=O) groups is 1. The molecule has 5 heteroatoms. The molecule has 122 valence electrons. The molecule has 0 aromatic heterocycles. The maximum atomic E-state index is 12.8. The molecule has 1 heterocycles. The van der Waals surface area contributed by atoms with Gasteiger partial charge in [-0.3, -0.25) is 9.69 Å². The first kappa shape index (κ1) is 16.9. The molecule has 0 bridgehead atoms. The average Bonchev–Trinajstić information content (AvgIpc) is 2.47. The molecule has 1 N–H and O–H groups in total. The van der Waals surface area contributed by atoms with Gasteiger partial charge in [0.25, 0.3) is 0 Å². The van der Waals surface area contributed by atoms with E-state index in [-0.39, 0.29) is 30.0 Å². The number of nitrogens with one attached hydrogen (secondary N) is 1. The molecule has 1 fully saturated rings. The highest BCUT2D eigenvalue weighted by Crippen LogP contribution is 2.13. The Kier molecular flexibility index (Phi) is 5.91. The summed E-state index contributed by atoms with van der Waals surface area (Å²) in [5, 5.41) is 2.96. The van der Waals surface area contributed by atoms with Crippen molar-refractivity contribution in [1.82, 2.24) is 10.2 Å². The fraction of sp³-hybridized carbons (Fsp3) is 0.588. The van der Waals surface area contributed by atoms with Gasteiger partial charge in [-0.25, -0.2) is 4.39 Å². The number of amides is 1. The van der Waals surface area contributed by atoms with Gasteiger partial charge in [0.1, 0.15) is 5.82 Å². The number of carbonyl (C=O) groups excluding carboxylic acids is 1.